The molecule has 2 N–H and O–H groups in total. The van der Waals surface area contributed by atoms with Crippen molar-refractivity contribution in [1.82, 2.24) is 5.32 Å². The van der Waals surface area contributed by atoms with Crippen LogP contribution in [0.25, 0.3) is 11.0 Å². The van der Waals surface area contributed by atoms with E-state index in [1.807, 2.05) is 12.3 Å². The highest BCUT2D eigenvalue weighted by Crippen LogP contribution is 2.26. The monoisotopic (exact) mass is 313 g/mol. The number of carbonyl (C=O) groups is 1. The third kappa shape index (κ3) is 3.48. The molecule has 4 nitrogen and oxygen atoms in total. The first-order valence-corrected chi connectivity index (χ1v) is 7.88. The second-order valence-electron chi connectivity index (χ2n) is 4.88. The van der Waals surface area contributed by atoms with Crippen molar-refractivity contribution in [3.05, 3.63) is 35.0 Å². The minimum atomic E-state index is -0.946. The van der Waals surface area contributed by atoms with Crippen molar-refractivity contribution in [3.8, 4) is 0 Å². The van der Waals surface area contributed by atoms with E-state index < -0.39 is 5.60 Å². The van der Waals surface area contributed by atoms with Crippen molar-refractivity contribution in [2.75, 3.05) is 18.6 Å². The normalized spacial score (nSPS) is 14.2. The van der Waals surface area contributed by atoms with E-state index in [1.165, 1.54) is 11.8 Å². The zero-order valence-electron chi connectivity index (χ0n) is 11.3. The highest BCUT2D eigenvalue weighted by Gasteiger charge is 2.22. The number of carbonyl (C=O) groups excluding carboxylic acids is 1. The van der Waals surface area contributed by atoms with Gasteiger partial charge in [-0.25, -0.2) is 0 Å². The van der Waals surface area contributed by atoms with Crippen LogP contribution in [0.5, 0.6) is 0 Å². The van der Waals surface area contributed by atoms with E-state index >= 15 is 0 Å². The summed E-state index contributed by atoms with van der Waals surface area (Å²) in [7, 11) is 0. The number of para-hydroxylation sites is 1. The van der Waals surface area contributed by atoms with Crippen molar-refractivity contribution in [3.63, 3.8) is 0 Å². The second kappa shape index (κ2) is 6.08. The van der Waals surface area contributed by atoms with Gasteiger partial charge >= 0.3 is 0 Å². The lowest BCUT2D eigenvalue weighted by atomic mass is 10.1. The van der Waals surface area contributed by atoms with E-state index in [-0.39, 0.29) is 18.2 Å². The van der Waals surface area contributed by atoms with Crippen LogP contribution in [0.4, 0.5) is 0 Å². The van der Waals surface area contributed by atoms with Crippen molar-refractivity contribution in [1.29, 1.82) is 0 Å². The molecular weight excluding hydrogens is 298 g/mol. The van der Waals surface area contributed by atoms with Gasteiger partial charge in [0.1, 0.15) is 0 Å². The maximum absolute atomic E-state index is 12.0. The first kappa shape index (κ1) is 15.2. The highest BCUT2D eigenvalue weighted by atomic mass is 35.5. The fraction of sp³-hybridized carbons (Fsp3) is 0.357. The molecule has 1 unspecified atom stereocenters. The number of thioether (sulfide) groups is 1. The molecule has 0 bridgehead atoms. The van der Waals surface area contributed by atoms with Gasteiger partial charge in [-0.15, -0.1) is 0 Å². The van der Waals surface area contributed by atoms with E-state index in [9.17, 15) is 9.90 Å². The molecule has 0 saturated heterocycles. The smallest absolute Gasteiger partial charge is 0.287 e. The lowest BCUT2D eigenvalue weighted by molar-refractivity contribution is 0.0711. The lowest BCUT2D eigenvalue weighted by Crippen LogP contribution is -2.42. The predicted octanol–water partition coefficient (Wildman–Crippen LogP) is 2.93. The topological polar surface area (TPSA) is 62.5 Å². The molecule has 0 aliphatic heterocycles. The molecule has 1 heterocycles. The molecule has 2 aromatic rings. The molecule has 6 heteroatoms. The standard InChI is InChI=1S/C14H16ClNO3S/c1-14(18,8-20-2)7-16-13(17)11-6-9-4-3-5-10(15)12(9)19-11/h3-6,18H,7-8H2,1-2H3,(H,16,17). The van der Waals surface area contributed by atoms with Crippen LogP contribution in [0, 0.1) is 0 Å². The minimum Gasteiger partial charge on any atom is -0.449 e. The SMILES string of the molecule is CSCC(C)(O)CNC(=O)c1cc2cccc(Cl)c2o1. The number of benzene rings is 1. The number of halogens is 1. The fourth-order valence-corrected chi connectivity index (χ4v) is 2.80. The van der Waals surface area contributed by atoms with E-state index in [0.29, 0.717) is 16.4 Å². The van der Waals surface area contributed by atoms with Gasteiger partial charge in [0.2, 0.25) is 0 Å². The Hall–Kier alpha value is -1.17. The molecule has 1 aromatic carbocycles. The van der Waals surface area contributed by atoms with Crippen molar-refractivity contribution in [2.24, 2.45) is 0 Å². The number of hydrogen-bond donors (Lipinski definition) is 2. The van der Waals surface area contributed by atoms with Gasteiger partial charge in [0.05, 0.1) is 10.6 Å². The molecule has 1 aromatic heterocycles. The second-order valence-corrected chi connectivity index (χ2v) is 6.15. The molecule has 0 spiro atoms. The summed E-state index contributed by atoms with van der Waals surface area (Å²) in [6.45, 7) is 1.84. The predicted molar refractivity (Wildman–Crippen MR) is 82.6 cm³/mol. The van der Waals surface area contributed by atoms with Crippen LogP contribution < -0.4 is 5.32 Å². The Morgan fingerprint density at radius 3 is 2.95 bits per heavy atom. The van der Waals surface area contributed by atoms with Crippen LogP contribution >= 0.6 is 23.4 Å². The first-order valence-electron chi connectivity index (χ1n) is 6.10. The zero-order chi connectivity index (χ0) is 14.8. The third-order valence-corrected chi connectivity index (χ3v) is 4.01. The van der Waals surface area contributed by atoms with Crippen molar-refractivity contribution < 1.29 is 14.3 Å². The van der Waals surface area contributed by atoms with Gasteiger partial charge in [0.15, 0.2) is 11.3 Å². The summed E-state index contributed by atoms with van der Waals surface area (Å²) in [4.78, 5) is 12.0. The summed E-state index contributed by atoms with van der Waals surface area (Å²) < 4.78 is 5.45. The van der Waals surface area contributed by atoms with Gasteiger partial charge in [-0.1, -0.05) is 23.7 Å². The molecule has 20 heavy (non-hydrogen) atoms. The van der Waals surface area contributed by atoms with Crippen molar-refractivity contribution >= 4 is 40.2 Å². The number of rotatable bonds is 5. The molecule has 108 valence electrons. The molecule has 0 radical (unpaired) electrons. The summed E-state index contributed by atoms with van der Waals surface area (Å²) in [5, 5.41) is 13.9. The Kier molecular flexibility index (Phi) is 4.62. The summed E-state index contributed by atoms with van der Waals surface area (Å²) >= 11 is 7.52. The lowest BCUT2D eigenvalue weighted by Gasteiger charge is -2.22. The molecule has 1 amide bonds. The Morgan fingerprint density at radius 2 is 2.30 bits per heavy atom. The molecule has 1 atom stereocenters. The largest absolute Gasteiger partial charge is 0.449 e. The van der Waals surface area contributed by atoms with Gasteiger partial charge in [0.25, 0.3) is 5.91 Å². The third-order valence-electron chi connectivity index (χ3n) is 2.80. The maximum Gasteiger partial charge on any atom is 0.287 e. The number of nitrogens with one attached hydrogen (secondary N) is 1. The average Bonchev–Trinajstić information content (AvgIpc) is 2.81. The Labute approximate surface area is 126 Å². The van der Waals surface area contributed by atoms with E-state index in [2.05, 4.69) is 5.32 Å². The van der Waals surface area contributed by atoms with Crippen LogP contribution in [-0.4, -0.2) is 35.2 Å². The van der Waals surface area contributed by atoms with Crippen LogP contribution in [0.15, 0.2) is 28.7 Å². The Morgan fingerprint density at radius 1 is 1.55 bits per heavy atom. The minimum absolute atomic E-state index is 0.164. The van der Waals surface area contributed by atoms with Crippen LogP contribution in [-0.2, 0) is 0 Å². The fourth-order valence-electron chi connectivity index (χ4n) is 1.86. The van der Waals surface area contributed by atoms with Gasteiger partial charge in [-0.05, 0) is 25.3 Å². The van der Waals surface area contributed by atoms with E-state index in [0.717, 1.165) is 5.39 Å². The number of hydrogen-bond acceptors (Lipinski definition) is 4. The average molecular weight is 314 g/mol. The van der Waals surface area contributed by atoms with Gasteiger partial charge in [0, 0.05) is 17.7 Å². The summed E-state index contributed by atoms with van der Waals surface area (Å²) in [5.41, 5.74) is -0.450. The number of fused-ring (bicyclic) bond motifs is 1. The van der Waals surface area contributed by atoms with Gasteiger partial charge < -0.3 is 14.8 Å². The maximum atomic E-state index is 12.0. The number of amides is 1. The van der Waals surface area contributed by atoms with Gasteiger partial charge in [-0.3, -0.25) is 4.79 Å². The quantitative estimate of drug-likeness (QED) is 0.891. The van der Waals surface area contributed by atoms with Crippen LogP contribution in [0.1, 0.15) is 17.5 Å². The summed E-state index contributed by atoms with van der Waals surface area (Å²) in [6.07, 6.45) is 1.90. The molecule has 0 aliphatic rings. The van der Waals surface area contributed by atoms with E-state index in [1.54, 1.807) is 25.1 Å². The number of aliphatic hydroxyl groups is 1. The van der Waals surface area contributed by atoms with Crippen LogP contribution in [0.2, 0.25) is 5.02 Å². The van der Waals surface area contributed by atoms with Crippen LogP contribution in [0.3, 0.4) is 0 Å². The summed E-state index contributed by atoms with van der Waals surface area (Å²) in [6, 6.07) is 6.97. The Balaban J connectivity index is 2.10. The van der Waals surface area contributed by atoms with Gasteiger partial charge in [-0.2, -0.15) is 11.8 Å². The van der Waals surface area contributed by atoms with E-state index in [4.69, 9.17) is 16.0 Å². The molecular formula is C14H16ClNO3S. The van der Waals surface area contributed by atoms with Crippen molar-refractivity contribution in [2.45, 2.75) is 12.5 Å². The highest BCUT2D eigenvalue weighted by molar-refractivity contribution is 7.98. The molecule has 0 fully saturated rings. The molecule has 0 saturated carbocycles. The number of furan rings is 1. The zero-order valence-corrected chi connectivity index (χ0v) is 12.8. The summed E-state index contributed by atoms with van der Waals surface area (Å²) in [5.74, 6) is 0.367. The molecule has 0 aliphatic carbocycles. The molecule has 2 rings (SSSR count). The Bertz CT molecular complexity index is 624. The first-order chi connectivity index (χ1) is 9.43.